The Bertz CT molecular complexity index is 336. The van der Waals surface area contributed by atoms with Crippen LogP contribution in [0.15, 0.2) is 24.3 Å². The third-order valence-electron chi connectivity index (χ3n) is 3.70. The fraction of sp³-hybridized carbons (Fsp3) is 0.625. The highest BCUT2D eigenvalue weighted by atomic mass is 15.1. The van der Waals surface area contributed by atoms with E-state index in [-0.39, 0.29) is 0 Å². The zero-order valence-corrected chi connectivity index (χ0v) is 12.4. The van der Waals surface area contributed by atoms with E-state index in [1.54, 1.807) is 0 Å². The first-order valence-electron chi connectivity index (χ1n) is 7.16. The lowest BCUT2D eigenvalue weighted by Gasteiger charge is -2.24. The maximum Gasteiger partial charge on any atom is 0.0236 e. The largest absolute Gasteiger partial charge is 0.317 e. The molecule has 0 fully saturated rings. The second-order valence-corrected chi connectivity index (χ2v) is 5.04. The summed E-state index contributed by atoms with van der Waals surface area (Å²) in [7, 11) is 2.22. The summed E-state index contributed by atoms with van der Waals surface area (Å²) in [5.41, 5.74) is 2.95. The summed E-state index contributed by atoms with van der Waals surface area (Å²) in [4.78, 5) is 2.44. The number of hydrogen-bond donors (Lipinski definition) is 1. The fourth-order valence-corrected chi connectivity index (χ4v) is 2.09. The monoisotopic (exact) mass is 248 g/mol. The molecule has 0 bridgehead atoms. The third kappa shape index (κ3) is 4.79. The molecule has 0 aliphatic carbocycles. The molecule has 0 aromatic heterocycles. The van der Waals surface area contributed by atoms with Crippen molar-refractivity contribution in [3.05, 3.63) is 35.4 Å². The van der Waals surface area contributed by atoms with E-state index < -0.39 is 0 Å². The molecule has 102 valence electrons. The fourth-order valence-electron chi connectivity index (χ4n) is 2.09. The predicted molar refractivity (Wildman–Crippen MR) is 79.9 cm³/mol. The molecule has 18 heavy (non-hydrogen) atoms. The summed E-state index contributed by atoms with van der Waals surface area (Å²) in [5.74, 6) is 0. The van der Waals surface area contributed by atoms with Crippen LogP contribution in [0.1, 0.15) is 38.3 Å². The molecule has 0 spiro atoms. The van der Waals surface area contributed by atoms with Crippen molar-refractivity contribution >= 4 is 0 Å². The van der Waals surface area contributed by atoms with E-state index in [1.165, 1.54) is 17.5 Å². The lowest BCUT2D eigenvalue weighted by molar-refractivity contribution is 0.243. The van der Waals surface area contributed by atoms with Crippen LogP contribution in [0.5, 0.6) is 0 Å². The van der Waals surface area contributed by atoms with E-state index in [9.17, 15) is 0 Å². The Morgan fingerprint density at radius 2 is 1.83 bits per heavy atom. The van der Waals surface area contributed by atoms with Gasteiger partial charge in [0.2, 0.25) is 0 Å². The van der Waals surface area contributed by atoms with Crippen molar-refractivity contribution in [1.82, 2.24) is 10.2 Å². The molecular formula is C16H28N2. The lowest BCUT2D eigenvalue weighted by atomic mass is 10.0. The minimum Gasteiger partial charge on any atom is -0.317 e. The van der Waals surface area contributed by atoms with Gasteiger partial charge in [0.1, 0.15) is 0 Å². The zero-order chi connectivity index (χ0) is 13.4. The van der Waals surface area contributed by atoms with E-state index in [4.69, 9.17) is 0 Å². The Kier molecular flexibility index (Phi) is 6.99. The highest BCUT2D eigenvalue weighted by molar-refractivity contribution is 5.27. The van der Waals surface area contributed by atoms with Crippen molar-refractivity contribution < 1.29 is 0 Å². The molecule has 2 nitrogen and oxygen atoms in total. The number of likely N-dealkylation sites (N-methyl/N-ethyl adjacent to an activating group) is 1. The highest BCUT2D eigenvalue weighted by Crippen LogP contribution is 2.13. The minimum atomic E-state index is 0.645. The van der Waals surface area contributed by atoms with Gasteiger partial charge in [-0.1, -0.05) is 38.1 Å². The van der Waals surface area contributed by atoms with Gasteiger partial charge in [0.15, 0.2) is 0 Å². The minimum absolute atomic E-state index is 0.645. The van der Waals surface area contributed by atoms with Crippen LogP contribution in [0, 0.1) is 0 Å². The van der Waals surface area contributed by atoms with Gasteiger partial charge in [-0.05, 0) is 51.0 Å². The first kappa shape index (κ1) is 15.2. The first-order valence-corrected chi connectivity index (χ1v) is 7.16. The lowest BCUT2D eigenvalue weighted by Crippen LogP contribution is -2.28. The molecule has 1 atom stereocenters. The molecule has 0 amide bonds. The summed E-state index contributed by atoms with van der Waals surface area (Å²) < 4.78 is 0. The molecule has 0 saturated carbocycles. The van der Waals surface area contributed by atoms with Gasteiger partial charge in [-0.3, -0.25) is 4.90 Å². The van der Waals surface area contributed by atoms with E-state index in [2.05, 4.69) is 62.3 Å². The Morgan fingerprint density at radius 1 is 1.17 bits per heavy atom. The maximum absolute atomic E-state index is 3.40. The highest BCUT2D eigenvalue weighted by Gasteiger charge is 2.09. The molecule has 0 aliphatic heterocycles. The SMILES string of the molecule is CCNCCc1ccccc1CN(C)C(C)CC. The van der Waals surface area contributed by atoms with Gasteiger partial charge in [-0.15, -0.1) is 0 Å². The van der Waals surface area contributed by atoms with Crippen LogP contribution in [0.4, 0.5) is 0 Å². The van der Waals surface area contributed by atoms with Crippen LogP contribution in [0.25, 0.3) is 0 Å². The molecular weight excluding hydrogens is 220 g/mol. The van der Waals surface area contributed by atoms with Crippen molar-refractivity contribution in [2.45, 2.75) is 46.2 Å². The van der Waals surface area contributed by atoms with Gasteiger partial charge in [0.05, 0.1) is 0 Å². The smallest absolute Gasteiger partial charge is 0.0236 e. The number of hydrogen-bond acceptors (Lipinski definition) is 2. The van der Waals surface area contributed by atoms with Crippen molar-refractivity contribution in [2.24, 2.45) is 0 Å². The van der Waals surface area contributed by atoms with E-state index >= 15 is 0 Å². The molecule has 1 rings (SSSR count). The number of nitrogens with zero attached hydrogens (tertiary/aromatic N) is 1. The zero-order valence-electron chi connectivity index (χ0n) is 12.4. The molecule has 1 unspecified atom stereocenters. The summed E-state index contributed by atoms with van der Waals surface area (Å²) in [6.45, 7) is 9.87. The second kappa shape index (κ2) is 8.28. The normalized spacial score (nSPS) is 12.9. The first-order chi connectivity index (χ1) is 8.69. The van der Waals surface area contributed by atoms with Crippen molar-refractivity contribution in [2.75, 3.05) is 20.1 Å². The predicted octanol–water partition coefficient (Wildman–Crippen LogP) is 3.07. The van der Waals surface area contributed by atoms with E-state index in [0.717, 1.165) is 26.1 Å². The van der Waals surface area contributed by atoms with Gasteiger partial charge >= 0.3 is 0 Å². The van der Waals surface area contributed by atoms with Gasteiger partial charge in [0.25, 0.3) is 0 Å². The molecule has 0 saturated heterocycles. The van der Waals surface area contributed by atoms with E-state index in [0.29, 0.717) is 6.04 Å². The number of rotatable bonds is 8. The topological polar surface area (TPSA) is 15.3 Å². The Labute approximate surface area is 112 Å². The van der Waals surface area contributed by atoms with Crippen LogP contribution in [-0.4, -0.2) is 31.1 Å². The van der Waals surface area contributed by atoms with Crippen LogP contribution in [-0.2, 0) is 13.0 Å². The van der Waals surface area contributed by atoms with Crippen molar-refractivity contribution in [3.63, 3.8) is 0 Å². The Hall–Kier alpha value is -0.860. The summed E-state index contributed by atoms with van der Waals surface area (Å²) in [6, 6.07) is 9.47. The molecule has 1 N–H and O–H groups in total. The summed E-state index contributed by atoms with van der Waals surface area (Å²) in [5, 5.41) is 3.40. The molecule has 1 aromatic carbocycles. The van der Waals surface area contributed by atoms with Gasteiger partial charge in [0, 0.05) is 12.6 Å². The Balaban J connectivity index is 2.63. The average molecular weight is 248 g/mol. The van der Waals surface area contributed by atoms with Gasteiger partial charge in [-0.25, -0.2) is 0 Å². The molecule has 2 heteroatoms. The maximum atomic E-state index is 3.40. The molecule has 0 aliphatic rings. The van der Waals surface area contributed by atoms with Crippen molar-refractivity contribution in [1.29, 1.82) is 0 Å². The van der Waals surface area contributed by atoms with Crippen LogP contribution < -0.4 is 5.32 Å². The van der Waals surface area contributed by atoms with Gasteiger partial charge < -0.3 is 5.32 Å². The van der Waals surface area contributed by atoms with Crippen molar-refractivity contribution in [3.8, 4) is 0 Å². The van der Waals surface area contributed by atoms with Gasteiger partial charge in [-0.2, -0.15) is 0 Å². The second-order valence-electron chi connectivity index (χ2n) is 5.04. The van der Waals surface area contributed by atoms with Crippen LogP contribution >= 0.6 is 0 Å². The molecule has 0 heterocycles. The summed E-state index contributed by atoms with van der Waals surface area (Å²) in [6.07, 6.45) is 2.33. The van der Waals surface area contributed by atoms with E-state index in [1.807, 2.05) is 0 Å². The number of nitrogens with one attached hydrogen (secondary N) is 1. The standard InChI is InChI=1S/C16H28N2/c1-5-14(3)18(4)13-16-10-8-7-9-15(16)11-12-17-6-2/h7-10,14,17H,5-6,11-13H2,1-4H3. The number of benzene rings is 1. The summed E-state index contributed by atoms with van der Waals surface area (Å²) >= 11 is 0. The molecule has 0 radical (unpaired) electrons. The third-order valence-corrected chi connectivity index (χ3v) is 3.70. The Morgan fingerprint density at radius 3 is 2.44 bits per heavy atom. The van der Waals surface area contributed by atoms with Crippen LogP contribution in [0.2, 0.25) is 0 Å². The quantitative estimate of drug-likeness (QED) is 0.711. The average Bonchev–Trinajstić information content (AvgIpc) is 2.40. The van der Waals surface area contributed by atoms with Crippen LogP contribution in [0.3, 0.4) is 0 Å². The molecule has 1 aromatic rings.